The van der Waals surface area contributed by atoms with E-state index in [2.05, 4.69) is 190 Å². The maximum atomic E-state index is 5.27. The molecule has 1 fully saturated rings. The Labute approximate surface area is 401 Å². The molecule has 1 saturated carbocycles. The van der Waals surface area contributed by atoms with Crippen LogP contribution in [-0.4, -0.2) is 27.8 Å². The molecule has 6 heteroatoms. The molecule has 3 aromatic heterocycles. The second-order valence-corrected chi connectivity index (χ2v) is 30.8. The monoisotopic (exact) mass is 1100 g/mol. The summed E-state index contributed by atoms with van der Waals surface area (Å²) in [5.41, 5.74) is 14.7. The zero-order valence-corrected chi connectivity index (χ0v) is 43.9. The van der Waals surface area contributed by atoms with Crippen molar-refractivity contribution in [2.24, 2.45) is 0 Å². The number of benzene rings is 6. The van der Waals surface area contributed by atoms with Crippen molar-refractivity contribution in [1.82, 2.24) is 14.5 Å². The summed E-state index contributed by atoms with van der Waals surface area (Å²) in [4.78, 5) is 10.1. The third kappa shape index (κ3) is 9.25. The smallest absolute Gasteiger partial charge is 0 e. The van der Waals surface area contributed by atoms with Gasteiger partial charge in [-0.2, -0.15) is 11.3 Å². The summed E-state index contributed by atoms with van der Waals surface area (Å²) in [5, 5.41) is 2.62. The summed E-state index contributed by atoms with van der Waals surface area (Å²) >= 11 is -0.0478. The molecule has 0 spiro atoms. The van der Waals surface area contributed by atoms with Crippen LogP contribution < -0.4 is 4.40 Å². The summed E-state index contributed by atoms with van der Waals surface area (Å²) in [7, 11) is 0. The summed E-state index contributed by atoms with van der Waals surface area (Å²) in [6, 6.07) is 52.6. The molecule has 0 bridgehead atoms. The van der Waals surface area contributed by atoms with Gasteiger partial charge in [0.1, 0.15) is 0 Å². The van der Waals surface area contributed by atoms with E-state index in [1.165, 1.54) is 85.8 Å². The van der Waals surface area contributed by atoms with Crippen molar-refractivity contribution in [3.05, 3.63) is 168 Å². The van der Waals surface area contributed by atoms with Crippen LogP contribution in [0, 0.1) is 19.1 Å². The van der Waals surface area contributed by atoms with E-state index in [0.29, 0.717) is 11.8 Å². The molecule has 64 heavy (non-hydrogen) atoms. The minimum Gasteiger partial charge on any atom is 0 e. The molecular formula is C58H59GeIrN3S-2. The number of para-hydroxylation sites is 2. The number of fused-ring (bicyclic) bond motifs is 4. The number of nitrogens with zero attached hydrogens (tertiary/aromatic N) is 3. The van der Waals surface area contributed by atoms with Crippen LogP contribution >= 0.6 is 11.3 Å². The number of hydrogen-bond acceptors (Lipinski definition) is 3. The minimum absolute atomic E-state index is 0. The van der Waals surface area contributed by atoms with Gasteiger partial charge < -0.3 is 4.57 Å². The summed E-state index contributed by atoms with van der Waals surface area (Å²) in [6.45, 7) is 11.4. The molecule has 0 unspecified atom stereocenters. The molecule has 1 radical (unpaired) electrons. The number of aryl methyl sites for hydroxylation is 1. The number of pyridine rings is 1. The molecule has 1 aliphatic rings. The van der Waals surface area contributed by atoms with Gasteiger partial charge in [0.2, 0.25) is 0 Å². The predicted molar refractivity (Wildman–Crippen MR) is 274 cm³/mol. The van der Waals surface area contributed by atoms with Crippen LogP contribution in [0.15, 0.2) is 134 Å². The fourth-order valence-electron chi connectivity index (χ4n) is 9.67. The molecule has 9 aromatic rings. The maximum absolute atomic E-state index is 5.27. The predicted octanol–water partition coefficient (Wildman–Crippen LogP) is 16.2. The molecule has 10 rings (SSSR count). The Bertz CT molecular complexity index is 3010. The third-order valence-corrected chi connectivity index (χ3v) is 18.3. The summed E-state index contributed by atoms with van der Waals surface area (Å²) in [6.07, 6.45) is 9.08. The van der Waals surface area contributed by atoms with E-state index in [0.717, 1.165) is 39.6 Å². The Hall–Kier alpha value is -4.65. The average Bonchev–Trinajstić information content (AvgIpc) is 3.88. The zero-order chi connectivity index (χ0) is 43.8. The Morgan fingerprint density at radius 3 is 2.09 bits per heavy atom. The van der Waals surface area contributed by atoms with Crippen LogP contribution in [0.1, 0.15) is 99.8 Å². The zero-order valence-electron chi connectivity index (χ0n) is 38.6. The molecule has 0 N–H and O–H groups in total. The van der Waals surface area contributed by atoms with Crippen LogP contribution in [-0.2, 0) is 20.1 Å². The molecule has 1 aliphatic carbocycles. The van der Waals surface area contributed by atoms with Crippen molar-refractivity contribution in [3.8, 4) is 39.5 Å². The fourth-order valence-corrected chi connectivity index (χ4v) is 14.2. The van der Waals surface area contributed by atoms with E-state index in [1.807, 2.05) is 23.5 Å². The van der Waals surface area contributed by atoms with Gasteiger partial charge in [-0.05, 0) is 87.0 Å². The standard InChI is InChI=1S/C38H33N2S.C20H26GeN.Ir/c1-23(2)29-21-28(26-13-7-6-8-14-26)22-30(24(3)4)37(29)40-33-16-10-9-15-32(33)39-38(40)27-18-19-34-31(20-27)36-25(5)12-11-17-35(36)41-34;1-21(2,3)19-15-22-20(17-12-8-5-9-13-17)14-18(19)16-10-6-4-7-11-16;/h6-17,19-24H,1-5H3;5,8-9,12,14-16H,4,6-7,10-11H2,1-3H3;/q2*-1;. The van der Waals surface area contributed by atoms with Crippen LogP contribution in [0.5, 0.6) is 0 Å². The van der Waals surface area contributed by atoms with Crippen LogP contribution in [0.3, 0.4) is 0 Å². The fraction of sp³-hybridized carbons (Fsp3) is 0.276. The van der Waals surface area contributed by atoms with E-state index in [1.54, 1.807) is 9.96 Å². The first-order valence-corrected chi connectivity index (χ1v) is 31.1. The van der Waals surface area contributed by atoms with E-state index in [9.17, 15) is 0 Å². The van der Waals surface area contributed by atoms with Gasteiger partial charge in [0, 0.05) is 30.5 Å². The topological polar surface area (TPSA) is 30.7 Å². The Balaban J connectivity index is 0.000000206. The third-order valence-electron chi connectivity index (χ3n) is 13.0. The second kappa shape index (κ2) is 19.4. The molecule has 0 saturated heterocycles. The number of aromatic nitrogens is 3. The number of imidazole rings is 1. The average molecular weight is 1100 g/mol. The molecule has 6 aromatic carbocycles. The van der Waals surface area contributed by atoms with Crippen molar-refractivity contribution >= 4 is 60.2 Å². The largest absolute Gasteiger partial charge is 0 e. The van der Waals surface area contributed by atoms with Crippen molar-refractivity contribution in [2.45, 2.75) is 102 Å². The van der Waals surface area contributed by atoms with Gasteiger partial charge in [-0.25, -0.2) is 0 Å². The van der Waals surface area contributed by atoms with Gasteiger partial charge in [0.05, 0.1) is 16.9 Å². The molecule has 0 aliphatic heterocycles. The molecular weight excluding hydrogens is 1040 g/mol. The normalized spacial score (nSPS) is 13.4. The number of rotatable bonds is 8. The first kappa shape index (κ1) is 45.9. The van der Waals surface area contributed by atoms with Gasteiger partial charge in [0.25, 0.3) is 0 Å². The van der Waals surface area contributed by atoms with Crippen molar-refractivity contribution in [1.29, 1.82) is 0 Å². The molecule has 0 amide bonds. The number of thiophene rings is 1. The van der Waals surface area contributed by atoms with Gasteiger partial charge in [-0.3, -0.25) is 4.98 Å². The molecule has 3 nitrogen and oxygen atoms in total. The van der Waals surface area contributed by atoms with Crippen molar-refractivity contribution in [3.63, 3.8) is 0 Å². The van der Waals surface area contributed by atoms with E-state index in [-0.39, 0.29) is 20.1 Å². The van der Waals surface area contributed by atoms with E-state index >= 15 is 0 Å². The second-order valence-electron chi connectivity index (χ2n) is 19.1. The summed E-state index contributed by atoms with van der Waals surface area (Å²) < 4.78 is 6.60. The minimum atomic E-state index is -1.89. The van der Waals surface area contributed by atoms with Crippen LogP contribution in [0.25, 0.3) is 70.7 Å². The first-order valence-electron chi connectivity index (χ1n) is 23.0. The summed E-state index contributed by atoms with van der Waals surface area (Å²) in [5.74, 6) is 9.80. The van der Waals surface area contributed by atoms with Crippen molar-refractivity contribution < 1.29 is 20.1 Å². The van der Waals surface area contributed by atoms with E-state index < -0.39 is 13.3 Å². The Morgan fingerprint density at radius 1 is 0.703 bits per heavy atom. The Morgan fingerprint density at radius 2 is 1.41 bits per heavy atom. The Kier molecular flexibility index (Phi) is 13.9. The molecule has 3 heterocycles. The van der Waals surface area contributed by atoms with Gasteiger partial charge >= 0.3 is 137 Å². The van der Waals surface area contributed by atoms with Gasteiger partial charge in [0.15, 0.2) is 0 Å². The van der Waals surface area contributed by atoms with Crippen LogP contribution in [0.2, 0.25) is 17.3 Å². The molecule has 0 atom stereocenters. The quantitative estimate of drug-likeness (QED) is 0.112. The number of hydrogen-bond donors (Lipinski definition) is 0. The SMILES string of the molecule is Cc1cccc2sc3c[c-]c(-c4nc5ccccc5n4-c4c(C(C)C)cc(-c5ccccc5)cc4C(C)C)cc3c12.[CH3][Ge]([CH3])([CH3])[c]1cnc(-c2[c-]cccc2)cc1C1CCCCC1.[Ir]. The maximum Gasteiger partial charge on any atom is 0 e. The van der Waals surface area contributed by atoms with Crippen LogP contribution in [0.4, 0.5) is 0 Å². The van der Waals surface area contributed by atoms with Gasteiger partial charge in [-0.15, -0.1) is 23.8 Å². The van der Waals surface area contributed by atoms with E-state index in [4.69, 9.17) is 9.97 Å². The first-order chi connectivity index (χ1) is 30.5. The van der Waals surface area contributed by atoms with Crippen molar-refractivity contribution in [2.75, 3.05) is 0 Å². The molecule has 327 valence electrons. The van der Waals surface area contributed by atoms with Gasteiger partial charge in [-0.1, -0.05) is 87.7 Å².